The molecule has 1 heterocycles. The van der Waals surface area contributed by atoms with Crippen molar-refractivity contribution in [3.05, 3.63) is 81.0 Å². The lowest BCUT2D eigenvalue weighted by Crippen LogP contribution is -2.39. The number of aromatic nitrogens is 2. The molecule has 31 heavy (non-hydrogen) atoms. The number of rotatable bonds is 8. The summed E-state index contributed by atoms with van der Waals surface area (Å²) in [6.45, 7) is 0.309. The number of ether oxygens (including phenoxy) is 1. The van der Waals surface area contributed by atoms with Crippen LogP contribution in [-0.2, 0) is 25.5 Å². The van der Waals surface area contributed by atoms with Gasteiger partial charge in [-0.15, -0.1) is 0 Å². The van der Waals surface area contributed by atoms with Crippen molar-refractivity contribution in [2.45, 2.75) is 6.61 Å². The molecule has 1 aromatic heterocycles. The molecule has 0 bridgehead atoms. The van der Waals surface area contributed by atoms with Crippen LogP contribution in [0.1, 0.15) is 5.56 Å². The molecule has 3 N–H and O–H groups in total. The maximum atomic E-state index is 12.4. The minimum atomic E-state index is -0.519. The first-order valence-electron chi connectivity index (χ1n) is 9.38. The van der Waals surface area contributed by atoms with Crippen molar-refractivity contribution in [3.8, 4) is 5.75 Å². The third kappa shape index (κ3) is 5.45. The lowest BCUT2D eigenvalue weighted by molar-refractivity contribution is -0.114. The SMILES string of the molecule is Cn1c(NI)c(NCC(=O)Nc2ccc(OCc3ccccc3)cc2)c(=O)n(C)c1=O. The summed E-state index contributed by atoms with van der Waals surface area (Å²) in [5, 5.41) is 5.57. The van der Waals surface area contributed by atoms with Crippen LogP contribution in [0.25, 0.3) is 0 Å². The van der Waals surface area contributed by atoms with Crippen LogP contribution in [0.4, 0.5) is 17.2 Å². The lowest BCUT2D eigenvalue weighted by Gasteiger charge is -2.15. The number of benzene rings is 2. The van der Waals surface area contributed by atoms with E-state index in [4.69, 9.17) is 4.74 Å². The van der Waals surface area contributed by atoms with Crippen LogP contribution in [0.5, 0.6) is 5.75 Å². The highest BCUT2D eigenvalue weighted by Crippen LogP contribution is 2.18. The Morgan fingerprint density at radius 2 is 1.68 bits per heavy atom. The van der Waals surface area contributed by atoms with Gasteiger partial charge in [-0.25, -0.2) is 4.79 Å². The Morgan fingerprint density at radius 1 is 1.00 bits per heavy atom. The zero-order valence-corrected chi connectivity index (χ0v) is 19.2. The first-order valence-corrected chi connectivity index (χ1v) is 10.5. The largest absolute Gasteiger partial charge is 0.489 e. The van der Waals surface area contributed by atoms with Crippen molar-refractivity contribution in [2.24, 2.45) is 14.1 Å². The van der Waals surface area contributed by atoms with Crippen molar-refractivity contribution < 1.29 is 9.53 Å². The Hall–Kier alpha value is -3.28. The molecule has 0 unspecified atom stereocenters. The van der Waals surface area contributed by atoms with Gasteiger partial charge < -0.3 is 18.9 Å². The number of carbonyl (C=O) groups excluding carboxylic acids is 1. The minimum absolute atomic E-state index is 0.138. The van der Waals surface area contributed by atoms with Gasteiger partial charge in [0.25, 0.3) is 5.56 Å². The van der Waals surface area contributed by atoms with E-state index < -0.39 is 11.2 Å². The van der Waals surface area contributed by atoms with Crippen LogP contribution in [0.3, 0.4) is 0 Å². The van der Waals surface area contributed by atoms with Gasteiger partial charge in [-0.2, -0.15) is 0 Å². The fourth-order valence-electron chi connectivity index (χ4n) is 2.86. The minimum Gasteiger partial charge on any atom is -0.489 e. The second-order valence-electron chi connectivity index (χ2n) is 6.72. The van der Waals surface area contributed by atoms with E-state index in [-0.39, 0.29) is 18.1 Å². The predicted molar refractivity (Wildman–Crippen MR) is 129 cm³/mol. The van der Waals surface area contributed by atoms with Crippen LogP contribution < -0.4 is 30.1 Å². The molecule has 3 rings (SSSR count). The quantitative estimate of drug-likeness (QED) is 0.303. The number of nitrogens with zero attached hydrogens (tertiary/aromatic N) is 2. The van der Waals surface area contributed by atoms with Gasteiger partial charge in [0, 0.05) is 19.8 Å². The molecule has 0 saturated heterocycles. The Balaban J connectivity index is 1.59. The van der Waals surface area contributed by atoms with Crippen LogP contribution in [-0.4, -0.2) is 21.6 Å². The zero-order chi connectivity index (χ0) is 22.4. The average molecular weight is 535 g/mol. The van der Waals surface area contributed by atoms with Crippen molar-refractivity contribution >= 4 is 46.0 Å². The summed E-state index contributed by atoms with van der Waals surface area (Å²) in [5.74, 6) is 0.640. The molecule has 0 radical (unpaired) electrons. The van der Waals surface area contributed by atoms with Gasteiger partial charge >= 0.3 is 5.69 Å². The highest BCUT2D eigenvalue weighted by atomic mass is 127. The number of carbonyl (C=O) groups is 1. The fourth-order valence-corrected chi connectivity index (χ4v) is 3.49. The number of hydrogen-bond acceptors (Lipinski definition) is 6. The molecule has 9 nitrogen and oxygen atoms in total. The summed E-state index contributed by atoms with van der Waals surface area (Å²) in [7, 11) is 2.92. The summed E-state index contributed by atoms with van der Waals surface area (Å²) < 4.78 is 10.8. The average Bonchev–Trinajstić information content (AvgIpc) is 2.79. The molecule has 1 amide bonds. The van der Waals surface area contributed by atoms with Crippen LogP contribution >= 0.6 is 22.9 Å². The summed E-state index contributed by atoms with van der Waals surface area (Å²) in [4.78, 5) is 36.7. The van der Waals surface area contributed by atoms with E-state index in [0.29, 0.717) is 23.9 Å². The van der Waals surface area contributed by atoms with Gasteiger partial charge in [-0.1, -0.05) is 30.3 Å². The summed E-state index contributed by atoms with van der Waals surface area (Å²) in [6, 6.07) is 16.8. The molecule has 10 heteroatoms. The molecule has 0 aliphatic heterocycles. The summed E-state index contributed by atoms with van der Waals surface area (Å²) >= 11 is 1.83. The topological polar surface area (TPSA) is 106 Å². The van der Waals surface area contributed by atoms with Crippen LogP contribution in [0, 0.1) is 0 Å². The molecular weight excluding hydrogens is 513 g/mol. The highest BCUT2D eigenvalue weighted by molar-refractivity contribution is 14.1. The first kappa shape index (κ1) is 22.4. The first-order chi connectivity index (χ1) is 14.9. The zero-order valence-electron chi connectivity index (χ0n) is 17.0. The van der Waals surface area contributed by atoms with Crippen molar-refractivity contribution in [2.75, 3.05) is 20.7 Å². The maximum absolute atomic E-state index is 12.4. The molecule has 0 aliphatic rings. The van der Waals surface area contributed by atoms with E-state index >= 15 is 0 Å². The molecular formula is C21H22IN5O4. The predicted octanol–water partition coefficient (Wildman–Crippen LogP) is 2.48. The third-order valence-corrected chi connectivity index (χ3v) is 5.08. The number of anilines is 3. The number of halogens is 1. The number of amides is 1. The van der Waals surface area contributed by atoms with Crippen LogP contribution in [0.15, 0.2) is 64.2 Å². The fraction of sp³-hybridized carbons (Fsp3) is 0.190. The van der Waals surface area contributed by atoms with E-state index in [1.807, 2.05) is 53.2 Å². The van der Waals surface area contributed by atoms with E-state index in [0.717, 1.165) is 10.1 Å². The second-order valence-corrected chi connectivity index (χ2v) is 7.26. The maximum Gasteiger partial charge on any atom is 0.332 e. The molecule has 0 aliphatic carbocycles. The van der Waals surface area contributed by atoms with Gasteiger partial charge in [-0.05, 0) is 29.8 Å². The highest BCUT2D eigenvalue weighted by Gasteiger charge is 2.15. The van der Waals surface area contributed by atoms with Gasteiger partial charge in [0.1, 0.15) is 23.9 Å². The number of nitrogens with one attached hydrogen (secondary N) is 3. The molecule has 162 valence electrons. The number of hydrogen-bond donors (Lipinski definition) is 3. The summed E-state index contributed by atoms with van der Waals surface area (Å²) in [6.07, 6.45) is 0. The standard InChI is InChI=1S/C21H22IN5O4/c1-26-19(25-22)18(20(29)27(2)21(26)30)23-12-17(28)24-15-8-10-16(11-9-15)31-13-14-6-4-3-5-7-14/h3-11,23,25H,12-13H2,1-2H3,(H,24,28). The molecule has 0 spiro atoms. The third-order valence-electron chi connectivity index (χ3n) is 4.57. The Bertz CT molecular complexity index is 1170. The van der Waals surface area contributed by atoms with Crippen LogP contribution in [0.2, 0.25) is 0 Å². The molecule has 0 saturated carbocycles. The van der Waals surface area contributed by atoms with E-state index in [1.165, 1.54) is 18.7 Å². The van der Waals surface area contributed by atoms with E-state index in [9.17, 15) is 14.4 Å². The van der Waals surface area contributed by atoms with Gasteiger partial charge in [0.2, 0.25) is 5.91 Å². The lowest BCUT2D eigenvalue weighted by atomic mass is 10.2. The van der Waals surface area contributed by atoms with E-state index in [1.54, 1.807) is 24.3 Å². The Kier molecular flexibility index (Phi) is 7.34. The molecule has 3 aromatic rings. The van der Waals surface area contributed by atoms with E-state index in [2.05, 4.69) is 14.2 Å². The smallest absolute Gasteiger partial charge is 0.332 e. The second kappa shape index (κ2) is 10.2. The Labute approximate surface area is 192 Å². The normalized spacial score (nSPS) is 10.4. The molecule has 0 fully saturated rings. The summed E-state index contributed by atoms with van der Waals surface area (Å²) in [5.41, 5.74) is 0.817. The molecule has 2 aromatic carbocycles. The van der Waals surface area contributed by atoms with Crippen molar-refractivity contribution in [1.82, 2.24) is 9.13 Å². The monoisotopic (exact) mass is 535 g/mol. The Morgan fingerprint density at radius 3 is 2.32 bits per heavy atom. The van der Waals surface area contributed by atoms with Gasteiger partial charge in [-0.3, -0.25) is 18.7 Å². The van der Waals surface area contributed by atoms with Crippen molar-refractivity contribution in [3.63, 3.8) is 0 Å². The van der Waals surface area contributed by atoms with Gasteiger partial charge in [0.15, 0.2) is 0 Å². The van der Waals surface area contributed by atoms with Crippen molar-refractivity contribution in [1.29, 1.82) is 0 Å². The molecule has 0 atom stereocenters. The van der Waals surface area contributed by atoms with Gasteiger partial charge in [0.05, 0.1) is 29.4 Å².